The Balaban J connectivity index is 1.82. The van der Waals surface area contributed by atoms with Gasteiger partial charge in [-0.1, -0.05) is 29.3 Å². The highest BCUT2D eigenvalue weighted by Crippen LogP contribution is 2.27. The minimum atomic E-state index is -3.98. The Kier molecular flexibility index (Phi) is 6.31. The zero-order valence-corrected chi connectivity index (χ0v) is 17.4. The van der Waals surface area contributed by atoms with E-state index in [1.54, 1.807) is 6.07 Å². The zero-order chi connectivity index (χ0) is 21.9. The number of halogens is 2. The highest BCUT2D eigenvalue weighted by molar-refractivity contribution is 7.92. The van der Waals surface area contributed by atoms with Crippen LogP contribution in [0.5, 0.6) is 0 Å². The van der Waals surface area contributed by atoms with Crippen molar-refractivity contribution >= 4 is 56.5 Å². The lowest BCUT2D eigenvalue weighted by molar-refractivity contribution is 0.0696. The molecule has 3 N–H and O–H groups in total. The largest absolute Gasteiger partial charge is 0.478 e. The van der Waals surface area contributed by atoms with Gasteiger partial charge in [-0.25, -0.2) is 13.2 Å². The number of sulfonamides is 1. The highest BCUT2D eigenvalue weighted by atomic mass is 35.5. The molecule has 0 unspecified atom stereocenters. The predicted molar refractivity (Wildman–Crippen MR) is 115 cm³/mol. The Morgan fingerprint density at radius 1 is 0.867 bits per heavy atom. The van der Waals surface area contributed by atoms with Crippen LogP contribution in [0.2, 0.25) is 10.0 Å². The fourth-order valence-corrected chi connectivity index (χ4v) is 4.07. The smallest absolute Gasteiger partial charge is 0.335 e. The predicted octanol–water partition coefficient (Wildman–Crippen LogP) is 4.74. The van der Waals surface area contributed by atoms with E-state index in [-0.39, 0.29) is 31.8 Å². The summed E-state index contributed by atoms with van der Waals surface area (Å²) in [6, 6.07) is 15.4. The Morgan fingerprint density at radius 3 is 2.17 bits per heavy atom. The molecular formula is C20H14Cl2N2O5S. The fraction of sp³-hybridized carbons (Fsp3) is 0. The highest BCUT2D eigenvalue weighted by Gasteiger charge is 2.18. The molecule has 0 aliphatic carbocycles. The van der Waals surface area contributed by atoms with E-state index in [1.165, 1.54) is 60.7 Å². The zero-order valence-electron chi connectivity index (χ0n) is 15.1. The van der Waals surface area contributed by atoms with Crippen LogP contribution in [-0.2, 0) is 10.0 Å². The number of carboxylic acids is 1. The number of hydrogen-bond acceptors (Lipinski definition) is 4. The van der Waals surface area contributed by atoms with Crippen molar-refractivity contribution in [2.45, 2.75) is 4.90 Å². The molecule has 7 nitrogen and oxygen atoms in total. The molecule has 0 spiro atoms. The molecular weight excluding hydrogens is 451 g/mol. The maximum atomic E-state index is 12.6. The fourth-order valence-electron chi connectivity index (χ4n) is 2.48. The lowest BCUT2D eigenvalue weighted by atomic mass is 10.1. The molecule has 0 saturated carbocycles. The van der Waals surface area contributed by atoms with Gasteiger partial charge in [0.2, 0.25) is 0 Å². The van der Waals surface area contributed by atoms with Gasteiger partial charge in [0.15, 0.2) is 0 Å². The molecule has 0 fully saturated rings. The lowest BCUT2D eigenvalue weighted by Gasteiger charge is -2.12. The monoisotopic (exact) mass is 464 g/mol. The normalized spacial score (nSPS) is 11.0. The molecule has 0 bridgehead atoms. The molecule has 0 radical (unpaired) electrons. The first-order valence-electron chi connectivity index (χ1n) is 8.38. The molecule has 0 aromatic heterocycles. The Bertz CT molecular complexity index is 1230. The van der Waals surface area contributed by atoms with Crippen molar-refractivity contribution in [3.05, 3.63) is 87.9 Å². The third-order valence-corrected chi connectivity index (χ3v) is 5.90. The first-order chi connectivity index (χ1) is 14.2. The summed E-state index contributed by atoms with van der Waals surface area (Å²) in [5.41, 5.74) is 0.620. The minimum Gasteiger partial charge on any atom is -0.478 e. The summed E-state index contributed by atoms with van der Waals surface area (Å²) >= 11 is 11.9. The summed E-state index contributed by atoms with van der Waals surface area (Å²) in [7, 11) is -3.98. The van der Waals surface area contributed by atoms with Crippen molar-refractivity contribution < 1.29 is 23.1 Å². The second-order valence-electron chi connectivity index (χ2n) is 6.09. The van der Waals surface area contributed by atoms with Crippen LogP contribution in [0.3, 0.4) is 0 Å². The Morgan fingerprint density at radius 2 is 1.53 bits per heavy atom. The van der Waals surface area contributed by atoms with Crippen LogP contribution in [0.25, 0.3) is 0 Å². The van der Waals surface area contributed by atoms with Gasteiger partial charge in [0.05, 0.1) is 21.2 Å². The number of anilines is 2. The van der Waals surface area contributed by atoms with Crippen LogP contribution in [-0.4, -0.2) is 25.4 Å². The van der Waals surface area contributed by atoms with E-state index in [4.69, 9.17) is 28.3 Å². The van der Waals surface area contributed by atoms with Crippen molar-refractivity contribution in [1.29, 1.82) is 0 Å². The van der Waals surface area contributed by atoms with E-state index in [2.05, 4.69) is 10.0 Å². The van der Waals surface area contributed by atoms with E-state index in [0.717, 1.165) is 0 Å². The molecule has 30 heavy (non-hydrogen) atoms. The Labute approximate surface area is 182 Å². The first-order valence-corrected chi connectivity index (χ1v) is 10.6. The molecule has 0 aliphatic heterocycles. The van der Waals surface area contributed by atoms with Crippen molar-refractivity contribution in [3.8, 4) is 0 Å². The topological polar surface area (TPSA) is 113 Å². The van der Waals surface area contributed by atoms with E-state index in [1.807, 2.05) is 0 Å². The van der Waals surface area contributed by atoms with Gasteiger partial charge in [0, 0.05) is 16.3 Å². The summed E-state index contributed by atoms with van der Waals surface area (Å²) in [6.07, 6.45) is 0. The molecule has 3 rings (SSSR count). The van der Waals surface area contributed by atoms with Gasteiger partial charge in [-0.05, 0) is 60.7 Å². The van der Waals surface area contributed by atoms with Gasteiger partial charge < -0.3 is 10.4 Å². The van der Waals surface area contributed by atoms with Gasteiger partial charge in [-0.2, -0.15) is 0 Å². The van der Waals surface area contributed by atoms with Crippen LogP contribution in [0, 0.1) is 0 Å². The maximum Gasteiger partial charge on any atom is 0.335 e. The van der Waals surface area contributed by atoms with Gasteiger partial charge in [0.25, 0.3) is 15.9 Å². The Hall–Kier alpha value is -3.07. The molecule has 154 valence electrons. The van der Waals surface area contributed by atoms with E-state index >= 15 is 0 Å². The quantitative estimate of drug-likeness (QED) is 0.487. The minimum absolute atomic E-state index is 0.0190. The standard InChI is InChI=1S/C20H14Cl2N2O5S/c21-14-2-1-3-16(11-14)30(28,29)24-18-10-13(6-9-17(18)22)19(25)23-15-7-4-12(5-8-15)20(26)27/h1-11,24H,(H,23,25)(H,26,27). The molecule has 0 atom stereocenters. The van der Waals surface area contributed by atoms with E-state index < -0.39 is 21.9 Å². The summed E-state index contributed by atoms with van der Waals surface area (Å²) in [4.78, 5) is 23.4. The second kappa shape index (κ2) is 8.74. The molecule has 0 aliphatic rings. The van der Waals surface area contributed by atoms with Crippen LogP contribution in [0.4, 0.5) is 11.4 Å². The number of benzene rings is 3. The summed E-state index contributed by atoms with van der Waals surface area (Å²) < 4.78 is 27.5. The number of amides is 1. The van der Waals surface area contributed by atoms with E-state index in [9.17, 15) is 18.0 Å². The van der Waals surface area contributed by atoms with E-state index in [0.29, 0.717) is 5.69 Å². The van der Waals surface area contributed by atoms with Crippen molar-refractivity contribution in [2.75, 3.05) is 10.0 Å². The number of rotatable bonds is 6. The third-order valence-electron chi connectivity index (χ3n) is 3.97. The van der Waals surface area contributed by atoms with Gasteiger partial charge in [-0.15, -0.1) is 0 Å². The number of carboxylic acid groups (broad SMARTS) is 1. The molecule has 1 amide bonds. The van der Waals surface area contributed by atoms with Crippen LogP contribution in [0.15, 0.2) is 71.6 Å². The van der Waals surface area contributed by atoms with Crippen LogP contribution in [0.1, 0.15) is 20.7 Å². The molecule has 10 heteroatoms. The molecule has 0 heterocycles. The maximum absolute atomic E-state index is 12.6. The van der Waals surface area contributed by atoms with Crippen molar-refractivity contribution in [3.63, 3.8) is 0 Å². The van der Waals surface area contributed by atoms with Gasteiger partial charge in [-0.3, -0.25) is 9.52 Å². The number of hydrogen-bond donors (Lipinski definition) is 3. The second-order valence-corrected chi connectivity index (χ2v) is 8.62. The van der Waals surface area contributed by atoms with Crippen LogP contribution >= 0.6 is 23.2 Å². The summed E-state index contributed by atoms with van der Waals surface area (Å²) in [5.74, 6) is -1.61. The summed E-state index contributed by atoms with van der Waals surface area (Å²) in [5, 5.41) is 11.9. The van der Waals surface area contributed by atoms with Gasteiger partial charge >= 0.3 is 5.97 Å². The third kappa shape index (κ3) is 5.10. The average Bonchev–Trinajstić information content (AvgIpc) is 2.70. The van der Waals surface area contributed by atoms with Crippen LogP contribution < -0.4 is 10.0 Å². The number of nitrogens with one attached hydrogen (secondary N) is 2. The molecule has 3 aromatic carbocycles. The number of carbonyl (C=O) groups excluding carboxylic acids is 1. The van der Waals surface area contributed by atoms with Crippen molar-refractivity contribution in [1.82, 2.24) is 0 Å². The lowest BCUT2D eigenvalue weighted by Crippen LogP contribution is -2.15. The molecule has 3 aromatic rings. The number of aromatic carboxylic acids is 1. The van der Waals surface area contributed by atoms with Crippen molar-refractivity contribution in [2.24, 2.45) is 0 Å². The van der Waals surface area contributed by atoms with Gasteiger partial charge in [0.1, 0.15) is 0 Å². The SMILES string of the molecule is O=C(O)c1ccc(NC(=O)c2ccc(Cl)c(NS(=O)(=O)c3cccc(Cl)c3)c2)cc1. The number of carbonyl (C=O) groups is 2. The average molecular weight is 465 g/mol. The first kappa shape index (κ1) is 21.6. The molecule has 0 saturated heterocycles. The summed E-state index contributed by atoms with van der Waals surface area (Å²) in [6.45, 7) is 0.